The Balaban J connectivity index is 1.44. The van der Waals surface area contributed by atoms with Crippen LogP contribution in [-0.2, 0) is 47.9 Å². The minimum absolute atomic E-state index is 0.00330. The molecular formula is C41H67N3O6. The van der Waals surface area contributed by atoms with Crippen LogP contribution in [0.5, 0.6) is 0 Å². The maximum atomic E-state index is 13.4. The number of benzene rings is 1. The van der Waals surface area contributed by atoms with Crippen molar-refractivity contribution in [2.45, 2.75) is 155 Å². The minimum Gasteiger partial charge on any atom is -0.465 e. The van der Waals surface area contributed by atoms with Gasteiger partial charge in [-0.1, -0.05) is 18.2 Å². The number of ether oxygens (including phenoxy) is 3. The number of rotatable bonds is 12. The van der Waals surface area contributed by atoms with Gasteiger partial charge in [-0.3, -0.25) is 24.2 Å². The van der Waals surface area contributed by atoms with Gasteiger partial charge in [-0.05, 0) is 133 Å². The van der Waals surface area contributed by atoms with E-state index >= 15 is 0 Å². The second kappa shape index (κ2) is 14.1. The van der Waals surface area contributed by atoms with Gasteiger partial charge in [0.15, 0.2) is 0 Å². The van der Waals surface area contributed by atoms with E-state index in [1.807, 2.05) is 18.2 Å². The molecule has 9 heteroatoms. The maximum absolute atomic E-state index is 13.4. The number of hydrogen-bond acceptors (Lipinski definition) is 9. The molecule has 1 N–H and O–H groups in total. The van der Waals surface area contributed by atoms with Crippen LogP contribution in [0.25, 0.3) is 0 Å². The standard InChI is InChI=1S/C41H67N3O6/c1-36(2)21-30(39(7,8)42-36)24-48-34(46)19-28-16-15-27(18-33(45)49-25-31-22-37(3,4)43(13)40(31,9)10)17-29(28)20-35(47)50-26-32-23-38(5,6)44(14)41(32,11)12/h15-17,30-32,42H,18-26H2,1-14H3. The first-order valence-corrected chi connectivity index (χ1v) is 18.6. The van der Waals surface area contributed by atoms with E-state index in [9.17, 15) is 14.4 Å². The van der Waals surface area contributed by atoms with Crippen LogP contribution in [0.4, 0.5) is 0 Å². The summed E-state index contributed by atoms with van der Waals surface area (Å²) in [5, 5.41) is 3.64. The highest BCUT2D eigenvalue weighted by atomic mass is 16.5. The fraction of sp³-hybridized carbons (Fsp3) is 0.780. The third kappa shape index (κ3) is 8.92. The van der Waals surface area contributed by atoms with E-state index in [2.05, 4.69) is 112 Å². The van der Waals surface area contributed by atoms with Crippen molar-refractivity contribution in [3.8, 4) is 0 Å². The number of carbonyl (C=O) groups excluding carboxylic acids is 3. The summed E-state index contributed by atoms with van der Waals surface area (Å²) < 4.78 is 17.6. The zero-order chi connectivity index (χ0) is 37.7. The van der Waals surface area contributed by atoms with E-state index in [0.717, 1.165) is 24.8 Å². The summed E-state index contributed by atoms with van der Waals surface area (Å²) in [6.07, 6.45) is 2.90. The van der Waals surface area contributed by atoms with Crippen LogP contribution in [-0.4, -0.2) is 94.9 Å². The molecule has 3 aliphatic rings. The molecule has 0 aromatic heterocycles. The largest absolute Gasteiger partial charge is 0.465 e. The molecule has 1 aromatic carbocycles. The molecule has 0 spiro atoms. The van der Waals surface area contributed by atoms with Gasteiger partial charge in [0.1, 0.15) is 0 Å². The number of nitrogens with one attached hydrogen (secondary N) is 1. The second-order valence-corrected chi connectivity index (χ2v) is 19.2. The lowest BCUT2D eigenvalue weighted by molar-refractivity contribution is -0.146. The topological polar surface area (TPSA) is 97.4 Å². The fourth-order valence-electron chi connectivity index (χ4n) is 9.11. The Bertz CT molecular complexity index is 1430. The Morgan fingerprint density at radius 1 is 0.620 bits per heavy atom. The molecule has 3 heterocycles. The smallest absolute Gasteiger partial charge is 0.310 e. The first kappa shape index (κ1) is 40.3. The van der Waals surface area contributed by atoms with E-state index in [1.54, 1.807) is 0 Å². The van der Waals surface area contributed by atoms with E-state index in [0.29, 0.717) is 30.9 Å². The van der Waals surface area contributed by atoms with Crippen molar-refractivity contribution in [1.29, 1.82) is 0 Å². The number of nitrogens with zero attached hydrogens (tertiary/aromatic N) is 2. The lowest BCUT2D eigenvalue weighted by Crippen LogP contribution is -2.47. The third-order valence-electron chi connectivity index (χ3n) is 13.1. The third-order valence-corrected chi connectivity index (χ3v) is 13.1. The molecule has 0 aliphatic carbocycles. The molecule has 0 amide bonds. The zero-order valence-corrected chi connectivity index (χ0v) is 33.7. The van der Waals surface area contributed by atoms with Gasteiger partial charge < -0.3 is 19.5 Å². The number of carbonyl (C=O) groups is 3. The van der Waals surface area contributed by atoms with Crippen LogP contribution in [0.1, 0.15) is 119 Å². The van der Waals surface area contributed by atoms with Crippen molar-refractivity contribution in [2.75, 3.05) is 33.9 Å². The molecule has 0 saturated carbocycles. The highest BCUT2D eigenvalue weighted by Gasteiger charge is 2.51. The first-order valence-electron chi connectivity index (χ1n) is 18.6. The summed E-state index contributed by atoms with van der Waals surface area (Å²) in [6, 6.07) is 5.54. The number of likely N-dealkylation sites (tertiary alicyclic amines) is 2. The predicted molar refractivity (Wildman–Crippen MR) is 198 cm³/mol. The van der Waals surface area contributed by atoms with Crippen molar-refractivity contribution >= 4 is 17.9 Å². The summed E-state index contributed by atoms with van der Waals surface area (Å²) in [7, 11) is 4.26. The molecule has 282 valence electrons. The molecule has 3 atom stereocenters. The lowest BCUT2D eigenvalue weighted by atomic mass is 9.87. The average Bonchev–Trinajstić information content (AvgIpc) is 3.37. The van der Waals surface area contributed by atoms with Crippen LogP contribution in [0.2, 0.25) is 0 Å². The number of hydrogen-bond donors (Lipinski definition) is 1. The molecular weight excluding hydrogens is 630 g/mol. The zero-order valence-electron chi connectivity index (χ0n) is 33.7. The highest BCUT2D eigenvalue weighted by Crippen LogP contribution is 2.45. The summed E-state index contributed by atoms with van der Waals surface area (Å²) in [4.78, 5) is 44.4. The average molecular weight is 698 g/mol. The van der Waals surface area contributed by atoms with Crippen molar-refractivity contribution < 1.29 is 28.6 Å². The van der Waals surface area contributed by atoms with Gasteiger partial charge in [0, 0.05) is 51.0 Å². The molecule has 9 nitrogen and oxygen atoms in total. The molecule has 50 heavy (non-hydrogen) atoms. The number of esters is 3. The van der Waals surface area contributed by atoms with Gasteiger partial charge in [-0.15, -0.1) is 0 Å². The molecule has 0 bridgehead atoms. The summed E-state index contributed by atoms with van der Waals surface area (Å²) >= 11 is 0. The van der Waals surface area contributed by atoms with Crippen LogP contribution < -0.4 is 5.32 Å². The fourth-order valence-corrected chi connectivity index (χ4v) is 9.11. The van der Waals surface area contributed by atoms with Gasteiger partial charge in [0.2, 0.25) is 0 Å². The van der Waals surface area contributed by atoms with Crippen molar-refractivity contribution in [1.82, 2.24) is 15.1 Å². The maximum Gasteiger partial charge on any atom is 0.310 e. The van der Waals surface area contributed by atoms with Crippen molar-refractivity contribution in [3.63, 3.8) is 0 Å². The summed E-state index contributed by atoms with van der Waals surface area (Å²) in [5.41, 5.74) is 1.77. The monoisotopic (exact) mass is 698 g/mol. The minimum atomic E-state index is -0.348. The van der Waals surface area contributed by atoms with E-state index < -0.39 is 0 Å². The first-order chi connectivity index (χ1) is 22.8. The van der Waals surface area contributed by atoms with Crippen LogP contribution in [0, 0.1) is 17.8 Å². The van der Waals surface area contributed by atoms with Crippen molar-refractivity contribution in [3.05, 3.63) is 34.9 Å². The van der Waals surface area contributed by atoms with E-state index in [-0.39, 0.29) is 88.2 Å². The lowest BCUT2D eigenvalue weighted by Gasteiger charge is -2.38. The summed E-state index contributed by atoms with van der Waals surface area (Å²) in [6.45, 7) is 27.3. The van der Waals surface area contributed by atoms with Crippen LogP contribution in [0.3, 0.4) is 0 Å². The molecule has 3 saturated heterocycles. The molecule has 3 unspecified atom stereocenters. The normalized spacial score (nSPS) is 27.6. The van der Waals surface area contributed by atoms with Gasteiger partial charge in [0.05, 0.1) is 39.1 Å². The van der Waals surface area contributed by atoms with E-state index in [4.69, 9.17) is 14.2 Å². The van der Waals surface area contributed by atoms with Gasteiger partial charge in [-0.2, -0.15) is 0 Å². The SMILES string of the molecule is CN1C(C)(C)CC(COC(=O)Cc2ccc(CC(=O)OCC3CC(C)(C)NC3(C)C)c(CC(=O)OCC3CC(C)(C)N(C)C3(C)C)c2)C1(C)C. The Morgan fingerprint density at radius 2 is 1.04 bits per heavy atom. The van der Waals surface area contributed by atoms with Gasteiger partial charge in [-0.25, -0.2) is 0 Å². The van der Waals surface area contributed by atoms with Crippen LogP contribution >= 0.6 is 0 Å². The van der Waals surface area contributed by atoms with Crippen LogP contribution in [0.15, 0.2) is 18.2 Å². The Labute approximate surface area is 302 Å². The highest BCUT2D eigenvalue weighted by molar-refractivity contribution is 5.77. The molecule has 3 aliphatic heterocycles. The van der Waals surface area contributed by atoms with E-state index in [1.165, 1.54) is 0 Å². The molecule has 4 rings (SSSR count). The molecule has 1 aromatic rings. The van der Waals surface area contributed by atoms with Gasteiger partial charge >= 0.3 is 17.9 Å². The Kier molecular flexibility index (Phi) is 11.4. The quantitative estimate of drug-likeness (QED) is 0.205. The predicted octanol–water partition coefficient (Wildman–Crippen LogP) is 6.13. The summed E-state index contributed by atoms with van der Waals surface area (Å²) in [5.74, 6) is -0.390. The second-order valence-electron chi connectivity index (χ2n) is 19.2. The molecule has 3 fully saturated rings. The Morgan fingerprint density at radius 3 is 1.44 bits per heavy atom. The Hall–Kier alpha value is -2.49. The molecule has 0 radical (unpaired) electrons. The van der Waals surface area contributed by atoms with Gasteiger partial charge in [0.25, 0.3) is 0 Å². The van der Waals surface area contributed by atoms with Crippen molar-refractivity contribution in [2.24, 2.45) is 17.8 Å².